The Bertz CT molecular complexity index is 642. The number of aryl methyl sites for hydroxylation is 1. The van der Waals surface area contributed by atoms with Crippen LogP contribution in [0.3, 0.4) is 0 Å². The summed E-state index contributed by atoms with van der Waals surface area (Å²) in [6.45, 7) is 3.80. The highest BCUT2D eigenvalue weighted by molar-refractivity contribution is 14.0. The normalized spacial score (nSPS) is 11.1. The van der Waals surface area contributed by atoms with E-state index < -0.39 is 0 Å². The maximum atomic E-state index is 4.59. The molecule has 0 aliphatic heterocycles. The van der Waals surface area contributed by atoms with Gasteiger partial charge in [0.1, 0.15) is 0 Å². The molecule has 0 spiro atoms. The molecule has 0 bridgehead atoms. The summed E-state index contributed by atoms with van der Waals surface area (Å²) in [5.41, 5.74) is 2.41. The largest absolute Gasteiger partial charge is 0.356 e. The molecule has 1 N–H and O–H groups in total. The number of thiazole rings is 1. The molecular weight excluding hydrogens is 499 g/mol. The number of aliphatic imine (C=N–C) groups is 1. The third-order valence-corrected chi connectivity index (χ3v) is 5.04. The second-order valence-electron chi connectivity index (χ2n) is 5.29. The zero-order valence-corrected chi connectivity index (χ0v) is 19.0. The summed E-state index contributed by atoms with van der Waals surface area (Å²) in [5.74, 6) is 0.902. The van der Waals surface area contributed by atoms with Crippen LogP contribution in [0.4, 0.5) is 0 Å². The maximum Gasteiger partial charge on any atom is 0.193 e. The van der Waals surface area contributed by atoms with Gasteiger partial charge in [-0.25, -0.2) is 4.98 Å². The van der Waals surface area contributed by atoms with E-state index in [1.54, 1.807) is 11.3 Å². The van der Waals surface area contributed by atoms with Crippen LogP contribution in [0.1, 0.15) is 23.2 Å². The average Bonchev–Trinajstić information content (AvgIpc) is 3.01. The fourth-order valence-corrected chi connectivity index (χ4v) is 3.30. The Morgan fingerprint density at radius 1 is 1.33 bits per heavy atom. The Morgan fingerprint density at radius 3 is 2.62 bits per heavy atom. The lowest BCUT2D eigenvalue weighted by molar-refractivity contribution is 0.477. The van der Waals surface area contributed by atoms with Gasteiger partial charge in [-0.2, -0.15) is 0 Å². The standard InChI is InChI=1S/C17H23BrN4S.HI/c1-4-16-21-15(12-23-16)9-10-20-17(19-2)22(3)11-13-5-7-14(18)8-6-13;/h5-8,12H,4,9-11H2,1-3H3,(H,19,20);1H. The molecule has 24 heavy (non-hydrogen) atoms. The van der Waals surface area contributed by atoms with Crippen LogP contribution in [0.2, 0.25) is 0 Å². The number of guanidine groups is 1. The molecule has 0 fully saturated rings. The number of nitrogens with one attached hydrogen (secondary N) is 1. The molecule has 0 radical (unpaired) electrons. The molecule has 4 nitrogen and oxygen atoms in total. The van der Waals surface area contributed by atoms with Crippen molar-refractivity contribution in [3.63, 3.8) is 0 Å². The molecule has 1 aromatic heterocycles. The molecular formula is C17H24BrIN4S. The maximum absolute atomic E-state index is 4.59. The number of hydrogen-bond acceptors (Lipinski definition) is 3. The molecule has 0 aliphatic rings. The molecule has 2 aromatic rings. The first-order valence-corrected chi connectivity index (χ1v) is 9.39. The lowest BCUT2D eigenvalue weighted by Gasteiger charge is -2.22. The van der Waals surface area contributed by atoms with Crippen LogP contribution in [0, 0.1) is 0 Å². The van der Waals surface area contributed by atoms with Crippen molar-refractivity contribution in [2.45, 2.75) is 26.3 Å². The number of nitrogens with zero attached hydrogens (tertiary/aromatic N) is 3. The van der Waals surface area contributed by atoms with E-state index in [9.17, 15) is 0 Å². The van der Waals surface area contributed by atoms with Gasteiger partial charge < -0.3 is 10.2 Å². The quantitative estimate of drug-likeness (QED) is 0.348. The van der Waals surface area contributed by atoms with Gasteiger partial charge >= 0.3 is 0 Å². The molecule has 1 heterocycles. The highest BCUT2D eigenvalue weighted by Crippen LogP contribution is 2.12. The lowest BCUT2D eigenvalue weighted by Crippen LogP contribution is -2.39. The number of rotatable bonds is 6. The van der Waals surface area contributed by atoms with Crippen LogP contribution < -0.4 is 5.32 Å². The van der Waals surface area contributed by atoms with Gasteiger partial charge in [0.2, 0.25) is 0 Å². The smallest absolute Gasteiger partial charge is 0.193 e. The van der Waals surface area contributed by atoms with Gasteiger partial charge in [0.25, 0.3) is 0 Å². The Balaban J connectivity index is 0.00000288. The van der Waals surface area contributed by atoms with Gasteiger partial charge in [-0.1, -0.05) is 35.0 Å². The summed E-state index contributed by atoms with van der Waals surface area (Å²) in [6.07, 6.45) is 1.93. The van der Waals surface area contributed by atoms with Crippen molar-refractivity contribution < 1.29 is 0 Å². The van der Waals surface area contributed by atoms with E-state index >= 15 is 0 Å². The third kappa shape index (κ3) is 6.68. The van der Waals surface area contributed by atoms with Gasteiger partial charge in [-0.05, 0) is 24.1 Å². The summed E-state index contributed by atoms with van der Waals surface area (Å²) >= 11 is 5.20. The van der Waals surface area contributed by atoms with E-state index in [2.05, 4.69) is 79.7 Å². The highest BCUT2D eigenvalue weighted by atomic mass is 127. The van der Waals surface area contributed by atoms with Crippen molar-refractivity contribution in [2.75, 3.05) is 20.6 Å². The van der Waals surface area contributed by atoms with Crippen molar-refractivity contribution >= 4 is 57.2 Å². The number of aromatic nitrogens is 1. The predicted octanol–water partition coefficient (Wildman–Crippen LogP) is 4.34. The fraction of sp³-hybridized carbons (Fsp3) is 0.412. The van der Waals surface area contributed by atoms with Crippen LogP contribution >= 0.6 is 51.2 Å². The van der Waals surface area contributed by atoms with Crippen molar-refractivity contribution in [2.24, 2.45) is 4.99 Å². The molecule has 0 aliphatic carbocycles. The van der Waals surface area contributed by atoms with Gasteiger partial charge in [0.15, 0.2) is 5.96 Å². The Morgan fingerprint density at radius 2 is 2.04 bits per heavy atom. The van der Waals surface area contributed by atoms with E-state index in [-0.39, 0.29) is 24.0 Å². The average molecular weight is 523 g/mol. The lowest BCUT2D eigenvalue weighted by atomic mass is 10.2. The number of halogens is 2. The summed E-state index contributed by atoms with van der Waals surface area (Å²) in [5, 5.41) is 6.76. The number of hydrogen-bond donors (Lipinski definition) is 1. The van der Waals surface area contributed by atoms with Crippen LogP contribution in [-0.2, 0) is 19.4 Å². The van der Waals surface area contributed by atoms with E-state index in [0.717, 1.165) is 42.1 Å². The molecule has 0 unspecified atom stereocenters. The predicted molar refractivity (Wildman–Crippen MR) is 118 cm³/mol. The topological polar surface area (TPSA) is 40.5 Å². The van der Waals surface area contributed by atoms with Gasteiger partial charge in [-0.15, -0.1) is 35.3 Å². The molecule has 7 heteroatoms. The van der Waals surface area contributed by atoms with E-state index in [0.29, 0.717) is 0 Å². The second-order valence-corrected chi connectivity index (χ2v) is 7.15. The second kappa shape index (κ2) is 11.0. The van der Waals surface area contributed by atoms with Crippen LogP contribution in [0.15, 0.2) is 39.1 Å². The molecule has 2 rings (SSSR count). The minimum absolute atomic E-state index is 0. The summed E-state index contributed by atoms with van der Waals surface area (Å²) in [4.78, 5) is 11.1. The molecule has 0 saturated carbocycles. The van der Waals surface area contributed by atoms with Crippen molar-refractivity contribution in [3.05, 3.63) is 50.4 Å². The first kappa shape index (κ1) is 21.4. The zero-order valence-electron chi connectivity index (χ0n) is 14.3. The Hall–Kier alpha value is -0.670. The fourth-order valence-electron chi connectivity index (χ4n) is 2.25. The van der Waals surface area contributed by atoms with Crippen LogP contribution in [0.5, 0.6) is 0 Å². The van der Waals surface area contributed by atoms with E-state index in [1.165, 1.54) is 10.6 Å². The summed E-state index contributed by atoms with van der Waals surface area (Å²) < 4.78 is 1.10. The van der Waals surface area contributed by atoms with Crippen molar-refractivity contribution in [3.8, 4) is 0 Å². The molecule has 132 valence electrons. The van der Waals surface area contributed by atoms with Crippen LogP contribution in [0.25, 0.3) is 0 Å². The van der Waals surface area contributed by atoms with Crippen LogP contribution in [-0.4, -0.2) is 36.5 Å². The molecule has 1 aromatic carbocycles. The van der Waals surface area contributed by atoms with E-state index in [4.69, 9.17) is 0 Å². The summed E-state index contributed by atoms with van der Waals surface area (Å²) in [6, 6.07) is 8.37. The van der Waals surface area contributed by atoms with E-state index in [1.807, 2.05) is 7.05 Å². The molecule has 0 atom stereocenters. The first-order chi connectivity index (χ1) is 11.1. The van der Waals surface area contributed by atoms with Crippen molar-refractivity contribution in [1.82, 2.24) is 15.2 Å². The SMILES string of the molecule is CCc1nc(CCNC(=NC)N(C)Cc2ccc(Br)cc2)cs1.I. The van der Waals surface area contributed by atoms with Gasteiger partial charge in [0.05, 0.1) is 10.7 Å². The Labute approximate surface area is 173 Å². The summed E-state index contributed by atoms with van der Waals surface area (Å²) in [7, 11) is 3.87. The van der Waals surface area contributed by atoms with Gasteiger partial charge in [0, 0.05) is 43.5 Å². The molecule has 0 saturated heterocycles. The molecule has 0 amide bonds. The first-order valence-electron chi connectivity index (χ1n) is 7.72. The number of benzene rings is 1. The van der Waals surface area contributed by atoms with Gasteiger partial charge in [-0.3, -0.25) is 4.99 Å². The van der Waals surface area contributed by atoms with Crippen molar-refractivity contribution in [1.29, 1.82) is 0 Å². The Kier molecular flexibility index (Phi) is 9.84. The highest BCUT2D eigenvalue weighted by Gasteiger charge is 2.07. The minimum atomic E-state index is 0. The minimum Gasteiger partial charge on any atom is -0.356 e. The monoisotopic (exact) mass is 522 g/mol. The zero-order chi connectivity index (χ0) is 16.7. The third-order valence-electron chi connectivity index (χ3n) is 3.47.